The van der Waals surface area contributed by atoms with E-state index >= 15 is 0 Å². The molecule has 0 spiro atoms. The number of hydrogen-bond acceptors (Lipinski definition) is 5. The molecule has 0 fully saturated rings. The normalized spacial score (nSPS) is 11.6. The molecule has 0 aromatic heterocycles. The van der Waals surface area contributed by atoms with Gasteiger partial charge in [-0.1, -0.05) is 34.1 Å². The van der Waals surface area contributed by atoms with Gasteiger partial charge in [0.2, 0.25) is 5.78 Å². The molecule has 0 N–H and O–H groups in total. The predicted molar refractivity (Wildman–Crippen MR) is 91.2 cm³/mol. The van der Waals surface area contributed by atoms with Crippen molar-refractivity contribution < 1.29 is 19.2 Å². The van der Waals surface area contributed by atoms with Crippen molar-refractivity contribution >= 4 is 33.4 Å². The summed E-state index contributed by atoms with van der Waals surface area (Å²) in [7, 11) is 0. The summed E-state index contributed by atoms with van der Waals surface area (Å²) in [6, 6.07) is 10.8. The van der Waals surface area contributed by atoms with Crippen LogP contribution in [0.1, 0.15) is 33.2 Å². The quantitative estimate of drug-likeness (QED) is 0.331. The number of carbonyl (C=O) groups is 2. The number of ketones is 1. The summed E-state index contributed by atoms with van der Waals surface area (Å²) in [5, 5.41) is 10.9. The largest absolute Gasteiger partial charge is 0.451 e. The van der Waals surface area contributed by atoms with Gasteiger partial charge in [0.25, 0.3) is 5.69 Å². The van der Waals surface area contributed by atoms with E-state index in [2.05, 4.69) is 15.9 Å². The van der Waals surface area contributed by atoms with Crippen molar-refractivity contribution in [1.82, 2.24) is 0 Å². The number of hydrogen-bond donors (Lipinski definition) is 0. The van der Waals surface area contributed by atoms with E-state index < -0.39 is 17.0 Å². The van der Waals surface area contributed by atoms with E-state index in [0.717, 1.165) is 4.47 Å². The second-order valence-electron chi connectivity index (χ2n) is 5.13. The van der Waals surface area contributed by atoms with Crippen LogP contribution in [0.15, 0.2) is 46.9 Å². The van der Waals surface area contributed by atoms with E-state index in [1.807, 2.05) is 0 Å². The summed E-state index contributed by atoms with van der Waals surface area (Å²) in [5.41, 5.74) is 0.515. The Labute approximate surface area is 146 Å². The van der Waals surface area contributed by atoms with E-state index in [9.17, 15) is 19.7 Å². The van der Waals surface area contributed by atoms with Crippen LogP contribution < -0.4 is 0 Å². The number of rotatable bonds is 5. The lowest BCUT2D eigenvalue weighted by Crippen LogP contribution is -2.24. The van der Waals surface area contributed by atoms with E-state index in [4.69, 9.17) is 4.74 Å². The van der Waals surface area contributed by atoms with Crippen LogP contribution in [-0.2, 0) is 4.74 Å². The van der Waals surface area contributed by atoms with Gasteiger partial charge < -0.3 is 4.74 Å². The number of nitro groups is 1. The highest BCUT2D eigenvalue weighted by Crippen LogP contribution is 2.22. The molecule has 0 heterocycles. The number of nitro benzene ring substituents is 1. The maximum absolute atomic E-state index is 12.3. The fourth-order valence-electron chi connectivity index (χ4n) is 2.17. The molecule has 2 aromatic carbocycles. The Balaban J connectivity index is 2.17. The Morgan fingerprint density at radius 1 is 1.17 bits per heavy atom. The molecule has 0 unspecified atom stereocenters. The lowest BCUT2D eigenvalue weighted by Gasteiger charge is -2.13. The third kappa shape index (κ3) is 3.86. The SMILES string of the molecule is Cc1c(C(=O)O[C@@H](C)C(=O)c2ccc(Br)cc2)cccc1[N+](=O)[O-]. The predicted octanol–water partition coefficient (Wildman–Crippen LogP) is 4.09. The van der Waals surface area contributed by atoms with Gasteiger partial charge in [-0.15, -0.1) is 0 Å². The Kier molecular flexibility index (Phi) is 5.46. The van der Waals surface area contributed by atoms with Gasteiger partial charge in [0.05, 0.1) is 10.5 Å². The molecule has 6 nitrogen and oxygen atoms in total. The molecule has 0 radical (unpaired) electrons. The minimum absolute atomic E-state index is 0.0691. The summed E-state index contributed by atoms with van der Waals surface area (Å²) < 4.78 is 6.01. The first kappa shape index (κ1) is 17.8. The van der Waals surface area contributed by atoms with Gasteiger partial charge in [0, 0.05) is 21.7 Å². The summed E-state index contributed by atoms with van der Waals surface area (Å²) in [5.74, 6) is -1.12. The Morgan fingerprint density at radius 3 is 2.38 bits per heavy atom. The molecule has 1 atom stereocenters. The number of carbonyl (C=O) groups excluding carboxylic acids is 2. The first-order chi connectivity index (χ1) is 11.3. The van der Waals surface area contributed by atoms with Crippen molar-refractivity contribution in [2.45, 2.75) is 20.0 Å². The van der Waals surface area contributed by atoms with Crippen LogP contribution in [0.5, 0.6) is 0 Å². The van der Waals surface area contributed by atoms with Gasteiger partial charge in [-0.25, -0.2) is 4.79 Å². The molecule has 7 heteroatoms. The number of ether oxygens (including phenoxy) is 1. The summed E-state index contributed by atoms with van der Waals surface area (Å²) >= 11 is 3.28. The van der Waals surface area contributed by atoms with Crippen LogP contribution in [0.4, 0.5) is 5.69 Å². The number of nitrogens with zero attached hydrogens (tertiary/aromatic N) is 1. The van der Waals surface area contributed by atoms with Crippen molar-refractivity contribution in [2.24, 2.45) is 0 Å². The second-order valence-corrected chi connectivity index (χ2v) is 6.04. The minimum atomic E-state index is -1.00. The third-order valence-electron chi connectivity index (χ3n) is 3.50. The molecule has 2 rings (SSSR count). The number of esters is 1. The molecule has 0 saturated heterocycles. The average molecular weight is 392 g/mol. The van der Waals surface area contributed by atoms with Crippen molar-refractivity contribution in [3.63, 3.8) is 0 Å². The molecule has 0 bridgehead atoms. The van der Waals surface area contributed by atoms with Crippen molar-refractivity contribution in [2.75, 3.05) is 0 Å². The maximum Gasteiger partial charge on any atom is 0.339 e. The van der Waals surface area contributed by atoms with Crippen molar-refractivity contribution in [1.29, 1.82) is 0 Å². The average Bonchev–Trinajstić information content (AvgIpc) is 2.54. The molecule has 2 aromatic rings. The molecule has 124 valence electrons. The highest BCUT2D eigenvalue weighted by Gasteiger charge is 2.24. The van der Waals surface area contributed by atoms with E-state index in [-0.39, 0.29) is 22.6 Å². The van der Waals surface area contributed by atoms with Crippen molar-refractivity contribution in [3.05, 3.63) is 73.7 Å². The van der Waals surface area contributed by atoms with Crippen LogP contribution in [0.3, 0.4) is 0 Å². The van der Waals surface area contributed by atoms with Gasteiger partial charge in [0.1, 0.15) is 0 Å². The first-order valence-electron chi connectivity index (χ1n) is 7.06. The highest BCUT2D eigenvalue weighted by atomic mass is 79.9. The third-order valence-corrected chi connectivity index (χ3v) is 4.03. The fourth-order valence-corrected chi connectivity index (χ4v) is 2.43. The monoisotopic (exact) mass is 391 g/mol. The van der Waals surface area contributed by atoms with E-state index in [0.29, 0.717) is 5.56 Å². The fraction of sp³-hybridized carbons (Fsp3) is 0.176. The zero-order valence-electron chi connectivity index (χ0n) is 13.0. The second kappa shape index (κ2) is 7.35. The van der Waals surface area contributed by atoms with Gasteiger partial charge in [-0.05, 0) is 32.0 Å². The summed E-state index contributed by atoms with van der Waals surface area (Å²) in [4.78, 5) is 34.9. The highest BCUT2D eigenvalue weighted by molar-refractivity contribution is 9.10. The van der Waals surface area contributed by atoms with Gasteiger partial charge in [-0.2, -0.15) is 0 Å². The van der Waals surface area contributed by atoms with Gasteiger partial charge in [-0.3, -0.25) is 14.9 Å². The lowest BCUT2D eigenvalue weighted by atomic mass is 10.1. The molecule has 0 amide bonds. The van der Waals surface area contributed by atoms with Crippen LogP contribution in [0, 0.1) is 17.0 Å². The summed E-state index contributed by atoms with van der Waals surface area (Å²) in [6.07, 6.45) is -1.00. The minimum Gasteiger partial charge on any atom is -0.451 e. The van der Waals surface area contributed by atoms with Gasteiger partial charge in [0.15, 0.2) is 6.10 Å². The number of halogens is 1. The van der Waals surface area contributed by atoms with E-state index in [1.165, 1.54) is 32.0 Å². The smallest absolute Gasteiger partial charge is 0.339 e. The topological polar surface area (TPSA) is 86.5 Å². The Bertz CT molecular complexity index is 801. The van der Waals surface area contributed by atoms with Crippen LogP contribution in [0.2, 0.25) is 0 Å². The maximum atomic E-state index is 12.3. The lowest BCUT2D eigenvalue weighted by molar-refractivity contribution is -0.385. The zero-order chi connectivity index (χ0) is 17.9. The Hall–Kier alpha value is -2.54. The molecule has 0 saturated carbocycles. The van der Waals surface area contributed by atoms with Crippen LogP contribution in [-0.4, -0.2) is 22.8 Å². The van der Waals surface area contributed by atoms with Crippen LogP contribution >= 0.6 is 15.9 Å². The molecule has 24 heavy (non-hydrogen) atoms. The molecular formula is C17H14BrNO5. The van der Waals surface area contributed by atoms with Gasteiger partial charge >= 0.3 is 5.97 Å². The van der Waals surface area contributed by atoms with E-state index in [1.54, 1.807) is 24.3 Å². The number of benzene rings is 2. The first-order valence-corrected chi connectivity index (χ1v) is 7.85. The Morgan fingerprint density at radius 2 is 1.79 bits per heavy atom. The summed E-state index contributed by atoms with van der Waals surface area (Å²) in [6.45, 7) is 2.94. The number of Topliss-reactive ketones (excluding diaryl/α,β-unsaturated/α-hetero) is 1. The standard InChI is InChI=1S/C17H14BrNO5/c1-10-14(4-3-5-15(10)19(22)23)17(21)24-11(2)16(20)12-6-8-13(18)9-7-12/h3-9,11H,1-2H3/t11-/m0/s1. The molecule has 0 aliphatic rings. The van der Waals surface area contributed by atoms with Crippen molar-refractivity contribution in [3.8, 4) is 0 Å². The molecule has 0 aliphatic heterocycles. The zero-order valence-corrected chi connectivity index (χ0v) is 14.6. The molecular weight excluding hydrogens is 378 g/mol. The molecule has 0 aliphatic carbocycles. The van der Waals surface area contributed by atoms with Crippen LogP contribution in [0.25, 0.3) is 0 Å².